The Kier molecular flexibility index (Phi) is 22.4. The van der Waals surface area contributed by atoms with Crippen molar-refractivity contribution in [2.45, 2.75) is 111 Å². The lowest BCUT2D eigenvalue weighted by atomic mass is 10.0. The summed E-state index contributed by atoms with van der Waals surface area (Å²) < 4.78 is 25.7. The third kappa shape index (κ3) is 17.4. The van der Waals surface area contributed by atoms with Crippen molar-refractivity contribution in [3.05, 3.63) is 154 Å². The molecule has 14 nitrogen and oxygen atoms in total. The fourth-order valence-electron chi connectivity index (χ4n) is 4.87. The van der Waals surface area contributed by atoms with E-state index in [1.807, 2.05) is 57.2 Å². The van der Waals surface area contributed by atoms with Crippen LogP contribution in [0.4, 0.5) is 0 Å². The lowest BCUT2D eigenvalue weighted by Crippen LogP contribution is -2.00. The van der Waals surface area contributed by atoms with Crippen molar-refractivity contribution in [3.8, 4) is 0 Å². The zero-order chi connectivity index (χ0) is 43.2. The van der Waals surface area contributed by atoms with Crippen LogP contribution in [0.3, 0.4) is 0 Å². The minimum Gasteiger partial charge on any atom is -0.464 e. The molecule has 0 amide bonds. The van der Waals surface area contributed by atoms with Gasteiger partial charge in [0.05, 0.1) is 0 Å². The first-order chi connectivity index (χ1) is 27.6. The molecule has 0 aliphatic rings. The summed E-state index contributed by atoms with van der Waals surface area (Å²) in [6.07, 6.45) is -1.59. The average molecular weight is 813 g/mol. The Hall–Kier alpha value is -4.74. The highest BCUT2D eigenvalue weighted by atomic mass is 16.4. The van der Waals surface area contributed by atoms with Gasteiger partial charge >= 0.3 is 0 Å². The van der Waals surface area contributed by atoms with Crippen LogP contribution in [0.1, 0.15) is 142 Å². The number of rotatable bonds is 13. The summed E-state index contributed by atoms with van der Waals surface area (Å²) in [6, 6.07) is 26.2. The van der Waals surface area contributed by atoms with Crippen LogP contribution in [-0.2, 0) is 32.8 Å². The molecule has 0 aliphatic carbocycles. The van der Waals surface area contributed by atoms with Crippen LogP contribution in [0.15, 0.2) is 113 Å². The Balaban J connectivity index is 0.000000254. The SMILES string of the molecule is CC(C)CC(O)c1ccc(C(C)O)o1.CC(O)c1ccc(CO)o1.CC(O)c1ccc(CO)o1.CCc1ccc(CO)o1.OCc1ccc(C(O)c2ccccc2)o1. The molecule has 5 aromatic heterocycles. The van der Waals surface area contributed by atoms with Gasteiger partial charge in [0.1, 0.15) is 115 Å². The van der Waals surface area contributed by atoms with Crippen molar-refractivity contribution in [1.29, 1.82) is 0 Å². The Bertz CT molecular complexity index is 1840. The maximum Gasteiger partial charge on any atom is 0.137 e. The van der Waals surface area contributed by atoms with Crippen LogP contribution in [0, 0.1) is 5.92 Å². The van der Waals surface area contributed by atoms with Gasteiger partial charge in [0.25, 0.3) is 0 Å². The molecule has 0 radical (unpaired) electrons. The number of furan rings is 5. The standard InChI is InChI=1S/C12H12O3.C11H18O3.2C7H10O3.C7H10O2/c13-8-10-6-7-11(15-10)12(14)9-4-2-1-3-5-9;1-7(2)6-9(13)11-5-4-10(14-11)8(3)12;2*1-5(9)7-3-2-6(4-8)10-7;1-2-6-3-4-7(5-8)9-6/h1-7,12-14H,8H2;4-5,7-9,12-13H,6H2,1-3H3;2*2-3,5,8-9H,4H2,1H3;3-4,8H,2,5H2,1H3. The summed E-state index contributed by atoms with van der Waals surface area (Å²) in [4.78, 5) is 0. The second kappa shape index (κ2) is 26.3. The molecule has 0 spiro atoms. The third-order valence-corrected chi connectivity index (χ3v) is 8.03. The van der Waals surface area contributed by atoms with E-state index in [0.29, 0.717) is 64.2 Å². The molecule has 0 saturated carbocycles. The van der Waals surface area contributed by atoms with Crippen LogP contribution in [0.2, 0.25) is 0 Å². The van der Waals surface area contributed by atoms with Gasteiger partial charge in [-0.1, -0.05) is 51.1 Å². The van der Waals surface area contributed by atoms with Gasteiger partial charge in [-0.15, -0.1) is 0 Å². The van der Waals surface area contributed by atoms with E-state index in [2.05, 4.69) is 0 Å². The fraction of sp³-hybridized carbons (Fsp3) is 0.409. The molecule has 320 valence electrons. The number of aryl methyl sites for hydroxylation is 1. The van der Waals surface area contributed by atoms with E-state index in [-0.39, 0.29) is 26.4 Å². The number of aliphatic hydroxyl groups excluding tert-OH is 9. The first kappa shape index (κ1) is 49.4. The van der Waals surface area contributed by atoms with Crippen molar-refractivity contribution in [1.82, 2.24) is 0 Å². The molecule has 58 heavy (non-hydrogen) atoms. The summed E-state index contributed by atoms with van der Waals surface area (Å²) in [5, 5.41) is 81.3. The first-order valence-corrected chi connectivity index (χ1v) is 19.0. The van der Waals surface area contributed by atoms with Gasteiger partial charge < -0.3 is 68.0 Å². The normalized spacial score (nSPS) is 13.3. The number of hydrogen-bond donors (Lipinski definition) is 9. The van der Waals surface area contributed by atoms with Gasteiger partial charge in [0.2, 0.25) is 0 Å². The fourth-order valence-corrected chi connectivity index (χ4v) is 4.87. The highest BCUT2D eigenvalue weighted by molar-refractivity contribution is 5.25. The van der Waals surface area contributed by atoms with Gasteiger partial charge in [0, 0.05) is 6.42 Å². The van der Waals surface area contributed by atoms with Crippen molar-refractivity contribution in [2.75, 3.05) is 0 Å². The monoisotopic (exact) mass is 812 g/mol. The molecule has 5 unspecified atom stereocenters. The molecule has 0 fully saturated rings. The largest absolute Gasteiger partial charge is 0.464 e. The molecule has 5 heterocycles. The van der Waals surface area contributed by atoms with Crippen LogP contribution >= 0.6 is 0 Å². The van der Waals surface area contributed by atoms with Gasteiger partial charge in [-0.05, 0) is 99.3 Å². The Morgan fingerprint density at radius 1 is 0.414 bits per heavy atom. The molecule has 1 aromatic carbocycles. The minimum absolute atomic E-state index is 0. The summed E-state index contributed by atoms with van der Waals surface area (Å²) >= 11 is 0. The molecule has 0 bridgehead atoms. The minimum atomic E-state index is -0.772. The van der Waals surface area contributed by atoms with Crippen molar-refractivity contribution in [2.24, 2.45) is 5.92 Å². The lowest BCUT2D eigenvalue weighted by Gasteiger charge is -2.10. The summed E-state index contributed by atoms with van der Waals surface area (Å²) in [5.74, 6) is 5.89. The van der Waals surface area contributed by atoms with Gasteiger partial charge in [-0.2, -0.15) is 0 Å². The second-order valence-electron chi connectivity index (χ2n) is 13.5. The molecule has 5 atom stereocenters. The van der Waals surface area contributed by atoms with Crippen LogP contribution in [0.5, 0.6) is 0 Å². The van der Waals surface area contributed by atoms with E-state index in [0.717, 1.165) is 17.7 Å². The quantitative estimate of drug-likeness (QED) is 0.0558. The third-order valence-electron chi connectivity index (χ3n) is 8.03. The van der Waals surface area contributed by atoms with E-state index in [1.54, 1.807) is 75.4 Å². The molecular weight excluding hydrogens is 752 g/mol. The molecule has 6 rings (SSSR count). The van der Waals surface area contributed by atoms with Gasteiger partial charge in [-0.25, -0.2) is 0 Å². The van der Waals surface area contributed by atoms with Crippen LogP contribution < -0.4 is 0 Å². The van der Waals surface area contributed by atoms with Gasteiger partial charge in [0.15, 0.2) is 0 Å². The summed E-state index contributed by atoms with van der Waals surface area (Å²) in [6.45, 7) is 10.6. The number of hydrogen-bond acceptors (Lipinski definition) is 14. The highest BCUT2D eigenvalue weighted by Crippen LogP contribution is 2.26. The van der Waals surface area contributed by atoms with Crippen molar-refractivity contribution in [3.63, 3.8) is 0 Å². The zero-order valence-corrected chi connectivity index (χ0v) is 33.9. The van der Waals surface area contributed by atoms with Crippen LogP contribution in [-0.4, -0.2) is 46.0 Å². The molecular formula is C44H60O14. The molecule has 9 N–H and O–H groups in total. The van der Waals surface area contributed by atoms with E-state index in [1.165, 1.54) is 0 Å². The molecule has 14 heteroatoms. The smallest absolute Gasteiger partial charge is 0.137 e. The van der Waals surface area contributed by atoms with Crippen molar-refractivity contribution >= 4 is 0 Å². The summed E-state index contributed by atoms with van der Waals surface area (Å²) in [5.41, 5.74) is 0.774. The zero-order valence-electron chi connectivity index (χ0n) is 33.9. The Labute approximate surface area is 338 Å². The highest BCUT2D eigenvalue weighted by Gasteiger charge is 2.16. The Morgan fingerprint density at radius 3 is 1.12 bits per heavy atom. The number of benzene rings is 1. The van der Waals surface area contributed by atoms with Crippen molar-refractivity contribution < 1.29 is 68.0 Å². The molecule has 0 saturated heterocycles. The van der Waals surface area contributed by atoms with E-state index < -0.39 is 30.5 Å². The molecule has 6 aromatic rings. The Morgan fingerprint density at radius 2 is 0.776 bits per heavy atom. The van der Waals surface area contributed by atoms with E-state index in [9.17, 15) is 15.3 Å². The maximum atomic E-state index is 9.93. The number of aliphatic hydroxyl groups is 9. The predicted octanol–water partition coefficient (Wildman–Crippen LogP) is 7.25. The first-order valence-electron chi connectivity index (χ1n) is 19.0. The van der Waals surface area contributed by atoms with E-state index >= 15 is 0 Å². The van der Waals surface area contributed by atoms with Crippen LogP contribution in [0.25, 0.3) is 0 Å². The second-order valence-corrected chi connectivity index (χ2v) is 13.5. The lowest BCUT2D eigenvalue weighted by molar-refractivity contribution is 0.113. The molecule has 0 aliphatic heterocycles. The average Bonchev–Trinajstić information content (AvgIpc) is 4.07. The van der Waals surface area contributed by atoms with E-state index in [4.69, 9.17) is 52.7 Å². The van der Waals surface area contributed by atoms with Gasteiger partial charge in [-0.3, -0.25) is 0 Å². The predicted molar refractivity (Wildman–Crippen MR) is 213 cm³/mol. The summed E-state index contributed by atoms with van der Waals surface area (Å²) in [7, 11) is 0. The topological polar surface area (TPSA) is 248 Å². The maximum absolute atomic E-state index is 9.93.